The number of aliphatic hydroxyl groups excluding tert-OH is 1. The molecule has 5 aliphatic rings. The average molecular weight is 479 g/mol. The van der Waals surface area contributed by atoms with Gasteiger partial charge in [0.15, 0.2) is 12.4 Å². The standard InChI is InChI=1S/C26H38O8/c1-6-8-16(28)32-18-19-24(3,4)11-7-12-25(19,5)15-10-9-14-17-22(33-21(14)29)34-23(30)26(15,17)20(18)31-13(2)27/h14-15,17-20,22-23,30H,6-12H2,1-5H3/t14-,15-,17+,18-,19+,20-,22+,23?,25-,26+/m1/s1. The van der Waals surface area contributed by atoms with Crippen molar-refractivity contribution < 1.29 is 38.4 Å². The van der Waals surface area contributed by atoms with Gasteiger partial charge in [-0.25, -0.2) is 0 Å². The van der Waals surface area contributed by atoms with Crippen LogP contribution in [0.3, 0.4) is 0 Å². The van der Waals surface area contributed by atoms with Crippen LogP contribution in [0.15, 0.2) is 0 Å². The Labute approximate surface area is 201 Å². The van der Waals surface area contributed by atoms with Crippen LogP contribution in [0.1, 0.15) is 79.6 Å². The molecule has 0 aromatic heterocycles. The molecule has 0 bridgehead atoms. The topological polar surface area (TPSA) is 108 Å². The summed E-state index contributed by atoms with van der Waals surface area (Å²) in [6.45, 7) is 9.91. The van der Waals surface area contributed by atoms with E-state index in [0.29, 0.717) is 19.3 Å². The first-order chi connectivity index (χ1) is 16.0. The highest BCUT2D eigenvalue weighted by molar-refractivity contribution is 5.76. The molecule has 1 N–H and O–H groups in total. The molecule has 34 heavy (non-hydrogen) atoms. The fourth-order valence-electron chi connectivity index (χ4n) is 9.14. The van der Waals surface area contributed by atoms with Gasteiger partial charge in [-0.3, -0.25) is 14.4 Å². The normalized spacial score (nSPS) is 48.2. The van der Waals surface area contributed by atoms with E-state index in [1.54, 1.807) is 0 Å². The summed E-state index contributed by atoms with van der Waals surface area (Å²) in [5, 5.41) is 11.5. The fraction of sp³-hybridized carbons (Fsp3) is 0.885. The summed E-state index contributed by atoms with van der Waals surface area (Å²) in [5.41, 5.74) is -1.56. The Morgan fingerprint density at radius 3 is 2.56 bits per heavy atom. The first-order valence-electron chi connectivity index (χ1n) is 12.9. The quantitative estimate of drug-likeness (QED) is 0.484. The third-order valence-corrected chi connectivity index (χ3v) is 9.92. The van der Waals surface area contributed by atoms with Crippen molar-refractivity contribution in [2.75, 3.05) is 0 Å². The molecular weight excluding hydrogens is 440 g/mol. The molecule has 3 saturated carbocycles. The Kier molecular flexibility index (Phi) is 5.60. The largest absolute Gasteiger partial charge is 0.458 e. The summed E-state index contributed by atoms with van der Waals surface area (Å²) >= 11 is 0. The van der Waals surface area contributed by atoms with E-state index >= 15 is 0 Å². The first-order valence-corrected chi connectivity index (χ1v) is 12.9. The van der Waals surface area contributed by atoms with E-state index in [1.807, 2.05) is 6.92 Å². The zero-order valence-corrected chi connectivity index (χ0v) is 20.9. The molecule has 0 aromatic carbocycles. The third kappa shape index (κ3) is 3.06. The van der Waals surface area contributed by atoms with E-state index < -0.39 is 48.0 Å². The zero-order chi connectivity index (χ0) is 24.6. The molecule has 3 aliphatic carbocycles. The molecule has 2 heterocycles. The molecular formula is C26H38O8. The fourth-order valence-corrected chi connectivity index (χ4v) is 9.14. The number of fused-ring (bicyclic) bond motifs is 2. The number of aliphatic hydroxyl groups is 1. The molecule has 10 atom stereocenters. The van der Waals surface area contributed by atoms with Crippen LogP contribution < -0.4 is 0 Å². The van der Waals surface area contributed by atoms with E-state index in [2.05, 4.69) is 20.8 Å². The maximum atomic E-state index is 12.9. The number of carbonyl (C=O) groups is 3. The predicted molar refractivity (Wildman–Crippen MR) is 119 cm³/mol. The SMILES string of the molecule is CCCC(=O)O[C@H]1[C@@H](OC(C)=O)[C@]23C(O)O[C@@H]4OC(=O)[C@H](CC[C@@H]2[C@@]2(C)CCCC(C)(C)[C@H]12)[C@@H]43. The summed E-state index contributed by atoms with van der Waals surface area (Å²) < 4.78 is 23.7. The maximum absolute atomic E-state index is 12.9. The molecule has 2 saturated heterocycles. The van der Waals surface area contributed by atoms with Crippen LogP contribution >= 0.6 is 0 Å². The van der Waals surface area contributed by atoms with Crippen LogP contribution in [0.2, 0.25) is 0 Å². The average Bonchev–Trinajstić information content (AvgIpc) is 3.20. The summed E-state index contributed by atoms with van der Waals surface area (Å²) in [6.07, 6.45) is 1.31. The Morgan fingerprint density at radius 1 is 1.15 bits per heavy atom. The van der Waals surface area contributed by atoms with E-state index in [1.165, 1.54) is 6.92 Å². The van der Waals surface area contributed by atoms with Gasteiger partial charge in [-0.2, -0.15) is 0 Å². The van der Waals surface area contributed by atoms with Gasteiger partial charge in [0.1, 0.15) is 6.10 Å². The smallest absolute Gasteiger partial charge is 0.311 e. The van der Waals surface area contributed by atoms with Gasteiger partial charge in [0, 0.05) is 25.2 Å². The monoisotopic (exact) mass is 478 g/mol. The Balaban J connectivity index is 1.72. The second-order valence-corrected chi connectivity index (χ2v) is 12.1. The van der Waals surface area contributed by atoms with Gasteiger partial charge < -0.3 is 24.1 Å². The number of hydrogen-bond donors (Lipinski definition) is 1. The highest BCUT2D eigenvalue weighted by atomic mass is 16.8. The Morgan fingerprint density at radius 2 is 1.88 bits per heavy atom. The minimum absolute atomic E-state index is 0.0737. The lowest BCUT2D eigenvalue weighted by atomic mass is 9.37. The summed E-state index contributed by atoms with van der Waals surface area (Å²) in [7, 11) is 0. The minimum atomic E-state index is -1.29. The highest BCUT2D eigenvalue weighted by Gasteiger charge is 2.80. The highest BCUT2D eigenvalue weighted by Crippen LogP contribution is 2.74. The summed E-state index contributed by atoms with van der Waals surface area (Å²) in [4.78, 5) is 38.2. The lowest BCUT2D eigenvalue weighted by molar-refractivity contribution is -0.310. The van der Waals surface area contributed by atoms with Crippen LogP contribution in [0.25, 0.3) is 0 Å². The van der Waals surface area contributed by atoms with Crippen molar-refractivity contribution in [2.24, 2.45) is 39.9 Å². The van der Waals surface area contributed by atoms with Gasteiger partial charge in [0.25, 0.3) is 0 Å². The van der Waals surface area contributed by atoms with Crippen molar-refractivity contribution in [3.8, 4) is 0 Å². The molecule has 1 spiro atoms. The van der Waals surface area contributed by atoms with Crippen molar-refractivity contribution in [1.82, 2.24) is 0 Å². The molecule has 5 rings (SSSR count). The Bertz CT molecular complexity index is 884. The van der Waals surface area contributed by atoms with Gasteiger partial charge >= 0.3 is 17.9 Å². The number of rotatable bonds is 4. The Hall–Kier alpha value is -1.67. The first kappa shape index (κ1) is 24.0. The number of esters is 3. The number of carbonyl (C=O) groups excluding carboxylic acids is 3. The van der Waals surface area contributed by atoms with Gasteiger partial charge in [-0.1, -0.05) is 34.1 Å². The summed E-state index contributed by atoms with van der Waals surface area (Å²) in [6, 6.07) is 0. The molecule has 8 heteroatoms. The molecule has 0 amide bonds. The predicted octanol–water partition coefficient (Wildman–Crippen LogP) is 3.34. The van der Waals surface area contributed by atoms with E-state index in [4.69, 9.17) is 18.9 Å². The van der Waals surface area contributed by atoms with Gasteiger partial charge in [-0.15, -0.1) is 0 Å². The molecule has 1 unspecified atom stereocenters. The maximum Gasteiger partial charge on any atom is 0.311 e. The van der Waals surface area contributed by atoms with Crippen molar-refractivity contribution in [3.63, 3.8) is 0 Å². The van der Waals surface area contributed by atoms with Crippen molar-refractivity contribution in [1.29, 1.82) is 0 Å². The van der Waals surface area contributed by atoms with E-state index in [0.717, 1.165) is 19.3 Å². The second-order valence-electron chi connectivity index (χ2n) is 12.1. The van der Waals surface area contributed by atoms with Crippen molar-refractivity contribution in [3.05, 3.63) is 0 Å². The molecule has 0 aromatic rings. The third-order valence-electron chi connectivity index (χ3n) is 9.92. The van der Waals surface area contributed by atoms with Crippen LogP contribution in [0, 0.1) is 39.9 Å². The van der Waals surface area contributed by atoms with Crippen LogP contribution in [0.5, 0.6) is 0 Å². The number of ether oxygens (including phenoxy) is 4. The molecule has 8 nitrogen and oxygen atoms in total. The lowest BCUT2D eigenvalue weighted by Gasteiger charge is -2.68. The van der Waals surface area contributed by atoms with E-state index in [-0.39, 0.29) is 41.0 Å². The van der Waals surface area contributed by atoms with Crippen LogP contribution in [0.4, 0.5) is 0 Å². The van der Waals surface area contributed by atoms with Crippen molar-refractivity contribution in [2.45, 2.75) is 104 Å². The van der Waals surface area contributed by atoms with E-state index in [9.17, 15) is 19.5 Å². The molecule has 5 fully saturated rings. The van der Waals surface area contributed by atoms with Gasteiger partial charge in [0.2, 0.25) is 6.29 Å². The van der Waals surface area contributed by atoms with Gasteiger partial charge in [-0.05, 0) is 48.9 Å². The van der Waals surface area contributed by atoms with Gasteiger partial charge in [0.05, 0.1) is 11.3 Å². The molecule has 0 radical (unpaired) electrons. The van der Waals surface area contributed by atoms with Crippen molar-refractivity contribution >= 4 is 17.9 Å². The minimum Gasteiger partial charge on any atom is -0.458 e. The second kappa shape index (κ2) is 7.92. The van der Waals surface area contributed by atoms with Crippen LogP contribution in [-0.2, 0) is 33.3 Å². The molecule has 190 valence electrons. The van der Waals surface area contributed by atoms with Crippen LogP contribution in [-0.4, -0.2) is 47.8 Å². The zero-order valence-electron chi connectivity index (χ0n) is 20.9. The summed E-state index contributed by atoms with van der Waals surface area (Å²) in [5.74, 6) is -2.19. The molecule has 2 aliphatic heterocycles. The lowest BCUT2D eigenvalue weighted by Crippen LogP contribution is -2.73. The number of hydrogen-bond acceptors (Lipinski definition) is 8.